The molecule has 4 rings (SSSR count). The van der Waals surface area contributed by atoms with Gasteiger partial charge in [0.25, 0.3) is 5.91 Å². The first-order chi connectivity index (χ1) is 20.7. The molecule has 0 aromatic heterocycles. The van der Waals surface area contributed by atoms with Crippen LogP contribution in [0.4, 0.5) is 10.1 Å². The van der Waals surface area contributed by atoms with E-state index in [1.54, 1.807) is 4.90 Å². The van der Waals surface area contributed by atoms with E-state index in [2.05, 4.69) is 9.73 Å². The lowest BCUT2D eigenvalue weighted by Crippen LogP contribution is -2.46. The first-order valence-electron chi connectivity index (χ1n) is 15.2. The summed E-state index contributed by atoms with van der Waals surface area (Å²) in [4.78, 5) is 64.4. The summed E-state index contributed by atoms with van der Waals surface area (Å²) in [6.07, 6.45) is 6.90. The normalized spacial score (nSPS) is 19.2. The molecule has 0 saturated carbocycles. The number of halogens is 1. The first kappa shape index (κ1) is 32.9. The summed E-state index contributed by atoms with van der Waals surface area (Å²) in [6.45, 7) is 4.42. The van der Waals surface area contributed by atoms with Crippen LogP contribution < -0.4 is 16.1 Å². The van der Waals surface area contributed by atoms with Gasteiger partial charge in [0.15, 0.2) is 6.29 Å². The minimum Gasteiger partial charge on any atom is -0.369 e. The van der Waals surface area contributed by atoms with Crippen molar-refractivity contribution in [1.82, 2.24) is 19.6 Å². The van der Waals surface area contributed by atoms with Gasteiger partial charge in [0, 0.05) is 81.9 Å². The van der Waals surface area contributed by atoms with Gasteiger partial charge in [-0.15, -0.1) is 0 Å². The third-order valence-corrected chi connectivity index (χ3v) is 9.97. The summed E-state index contributed by atoms with van der Waals surface area (Å²) in [6, 6.07) is 2.69. The molecule has 0 atom stereocenters. The zero-order valence-corrected chi connectivity index (χ0v) is 25.7. The minimum atomic E-state index is -0.664. The van der Waals surface area contributed by atoms with Crippen LogP contribution in [0, 0.1) is 11.7 Å². The second-order valence-electron chi connectivity index (χ2n) is 11.6. The van der Waals surface area contributed by atoms with Gasteiger partial charge in [0.05, 0.1) is 11.3 Å². The van der Waals surface area contributed by atoms with Crippen molar-refractivity contribution >= 4 is 47.9 Å². The number of carbonyl (C=O) groups is 5. The Morgan fingerprint density at radius 2 is 1.70 bits per heavy atom. The number of hydrogen-bond donors (Lipinski definition) is 2. The molecule has 0 bridgehead atoms. The van der Waals surface area contributed by atoms with E-state index in [1.807, 2.05) is 16.8 Å². The molecule has 11 nitrogen and oxygen atoms in total. The fourth-order valence-corrected chi connectivity index (χ4v) is 7.19. The molecule has 43 heavy (non-hydrogen) atoms. The highest BCUT2D eigenvalue weighted by atomic mass is 32.2. The van der Waals surface area contributed by atoms with Crippen LogP contribution in [0.25, 0.3) is 0 Å². The molecule has 236 valence electrons. The van der Waals surface area contributed by atoms with Gasteiger partial charge < -0.3 is 20.3 Å². The predicted molar refractivity (Wildman–Crippen MR) is 163 cm³/mol. The van der Waals surface area contributed by atoms with E-state index in [9.17, 15) is 24.0 Å². The Morgan fingerprint density at radius 3 is 2.33 bits per heavy atom. The summed E-state index contributed by atoms with van der Waals surface area (Å²) in [7, 11) is 1.35. The van der Waals surface area contributed by atoms with E-state index in [4.69, 9.17) is 5.73 Å². The first-order valence-corrected chi connectivity index (χ1v) is 16.0. The van der Waals surface area contributed by atoms with Gasteiger partial charge in [0.1, 0.15) is 12.1 Å². The second-order valence-corrected chi connectivity index (χ2v) is 13.0. The molecule has 0 spiro atoms. The summed E-state index contributed by atoms with van der Waals surface area (Å²) in [5, 5.41) is 1.48. The summed E-state index contributed by atoms with van der Waals surface area (Å²) in [5.41, 5.74) is 8.48. The van der Waals surface area contributed by atoms with Gasteiger partial charge in [-0.1, -0.05) is 11.9 Å². The SMILES string of the molecule is CN(NC(=O)CCCC=O)C(=O)c1cc(N2CCC(C(=O)N3CCC(SN4CCC(N)CC4)CC3)CC2)c(F)cc1C=O. The fourth-order valence-electron chi connectivity index (χ4n) is 5.92. The highest BCUT2D eigenvalue weighted by molar-refractivity contribution is 7.97. The van der Waals surface area contributed by atoms with Crippen LogP contribution >= 0.6 is 11.9 Å². The monoisotopic (exact) mass is 618 g/mol. The molecule has 3 aliphatic rings. The molecule has 13 heteroatoms. The molecular weight excluding hydrogens is 575 g/mol. The molecule has 3 amide bonds. The number of unbranched alkanes of at least 4 members (excludes halogenated alkanes) is 1. The van der Waals surface area contributed by atoms with Gasteiger partial charge in [-0.3, -0.25) is 33.9 Å². The third kappa shape index (κ3) is 8.76. The molecule has 3 fully saturated rings. The molecule has 0 radical (unpaired) electrons. The van der Waals surface area contributed by atoms with Crippen molar-refractivity contribution in [2.24, 2.45) is 11.7 Å². The van der Waals surface area contributed by atoms with Gasteiger partial charge >= 0.3 is 0 Å². The smallest absolute Gasteiger partial charge is 0.272 e. The number of carbonyl (C=O) groups excluding carboxylic acids is 5. The van der Waals surface area contributed by atoms with E-state index in [-0.39, 0.29) is 41.5 Å². The zero-order valence-electron chi connectivity index (χ0n) is 24.8. The van der Waals surface area contributed by atoms with Crippen LogP contribution in [0.5, 0.6) is 0 Å². The molecule has 3 N–H and O–H groups in total. The highest BCUT2D eigenvalue weighted by Gasteiger charge is 2.33. The topological polar surface area (TPSA) is 136 Å². The largest absolute Gasteiger partial charge is 0.369 e. The molecule has 3 aliphatic heterocycles. The van der Waals surface area contributed by atoms with Gasteiger partial charge in [-0.25, -0.2) is 4.39 Å². The maximum absolute atomic E-state index is 15.1. The Kier molecular flexibility index (Phi) is 11.9. The minimum absolute atomic E-state index is 0.0339. The number of hydrazine groups is 1. The van der Waals surface area contributed by atoms with E-state index < -0.39 is 17.6 Å². The number of nitrogens with two attached hydrogens (primary N) is 1. The molecule has 1 aromatic rings. The molecule has 1 aromatic carbocycles. The molecule has 3 saturated heterocycles. The van der Waals surface area contributed by atoms with Gasteiger partial charge in [0.2, 0.25) is 11.8 Å². The number of aldehydes is 2. The van der Waals surface area contributed by atoms with Gasteiger partial charge in [-0.2, -0.15) is 0 Å². The molecule has 0 unspecified atom stereocenters. The summed E-state index contributed by atoms with van der Waals surface area (Å²) < 4.78 is 17.5. The number of nitrogens with one attached hydrogen (secondary N) is 1. The lowest BCUT2D eigenvalue weighted by atomic mass is 9.93. The van der Waals surface area contributed by atoms with Gasteiger partial charge in [-0.05, 0) is 57.1 Å². The van der Waals surface area contributed by atoms with E-state index in [0.717, 1.165) is 62.9 Å². The van der Waals surface area contributed by atoms with Crippen molar-refractivity contribution in [1.29, 1.82) is 0 Å². The Morgan fingerprint density at radius 1 is 1.02 bits per heavy atom. The average molecular weight is 619 g/mol. The standard InChI is InChI=1S/C30H43FN6O5S/c1-34(33-28(40)4-2-3-17-38)30(42)25-19-27(26(31)18-22(25)20-39)35-11-5-21(6-12-35)29(41)36-13-9-24(10-14-36)43-37-15-7-23(32)8-16-37/h17-21,23-24H,2-16,32H2,1H3,(H,33,40). The predicted octanol–water partition coefficient (Wildman–Crippen LogP) is 2.39. The van der Waals surface area contributed by atoms with E-state index in [1.165, 1.54) is 13.1 Å². The molecular formula is C30H43FN6O5S. The van der Waals surface area contributed by atoms with Crippen molar-refractivity contribution in [3.8, 4) is 0 Å². The molecule has 3 heterocycles. The van der Waals surface area contributed by atoms with E-state index in [0.29, 0.717) is 56.2 Å². The Labute approximate surface area is 256 Å². The van der Waals surface area contributed by atoms with Crippen LogP contribution in [0.3, 0.4) is 0 Å². The van der Waals surface area contributed by atoms with Crippen molar-refractivity contribution < 1.29 is 28.4 Å². The summed E-state index contributed by atoms with van der Waals surface area (Å²) in [5.74, 6) is -1.72. The maximum Gasteiger partial charge on any atom is 0.272 e. The van der Waals surface area contributed by atoms with Crippen LogP contribution in [-0.4, -0.2) is 102 Å². The number of amides is 3. The Bertz CT molecular complexity index is 1160. The quantitative estimate of drug-likeness (QED) is 0.175. The number of piperidine rings is 3. The van der Waals surface area contributed by atoms with Crippen LogP contribution in [-0.2, 0) is 14.4 Å². The number of rotatable bonds is 10. The Hall–Kier alpha value is -3.03. The number of anilines is 1. The zero-order chi connectivity index (χ0) is 30.9. The van der Waals surface area contributed by atoms with Crippen molar-refractivity contribution in [2.45, 2.75) is 69.1 Å². The average Bonchev–Trinajstić information content (AvgIpc) is 3.02. The molecule has 0 aliphatic carbocycles. The van der Waals surface area contributed by atoms with Crippen molar-refractivity contribution in [2.75, 3.05) is 51.2 Å². The maximum atomic E-state index is 15.1. The number of hydrogen-bond acceptors (Lipinski definition) is 9. The lowest BCUT2D eigenvalue weighted by molar-refractivity contribution is -0.137. The number of benzene rings is 1. The van der Waals surface area contributed by atoms with Crippen molar-refractivity contribution in [3.63, 3.8) is 0 Å². The van der Waals surface area contributed by atoms with Crippen LogP contribution in [0.15, 0.2) is 12.1 Å². The van der Waals surface area contributed by atoms with Crippen LogP contribution in [0.1, 0.15) is 78.5 Å². The lowest BCUT2D eigenvalue weighted by Gasteiger charge is -2.39. The summed E-state index contributed by atoms with van der Waals surface area (Å²) >= 11 is 1.92. The van der Waals surface area contributed by atoms with Crippen molar-refractivity contribution in [3.05, 3.63) is 29.1 Å². The van der Waals surface area contributed by atoms with Crippen LogP contribution in [0.2, 0.25) is 0 Å². The van der Waals surface area contributed by atoms with E-state index >= 15 is 4.39 Å². The number of likely N-dealkylation sites (tertiary alicyclic amines) is 1. The second kappa shape index (κ2) is 15.6. The highest BCUT2D eigenvalue weighted by Crippen LogP contribution is 2.32. The Balaban J connectivity index is 1.30. The number of nitrogens with zero attached hydrogens (tertiary/aromatic N) is 4. The third-order valence-electron chi connectivity index (χ3n) is 8.53. The fraction of sp³-hybridized carbons (Fsp3) is 0.633.